The first-order valence-electron chi connectivity index (χ1n) is 7.72. The number of hydrogen-bond acceptors (Lipinski definition) is 2. The van der Waals surface area contributed by atoms with E-state index in [9.17, 15) is 0 Å². The van der Waals surface area contributed by atoms with Crippen molar-refractivity contribution in [1.82, 2.24) is 0 Å². The van der Waals surface area contributed by atoms with Gasteiger partial charge in [0.1, 0.15) is 16.4 Å². The van der Waals surface area contributed by atoms with Gasteiger partial charge in [0, 0.05) is 5.56 Å². The Hall–Kier alpha value is -2.45. The SMILES string of the molecule is COc1ccc(C(Cl)(c2ccccc2)c2ccccc2OC)cc1. The fourth-order valence-corrected chi connectivity index (χ4v) is 3.30. The molecule has 0 aromatic heterocycles. The second-order valence-corrected chi connectivity index (χ2v) is 6.02. The summed E-state index contributed by atoms with van der Waals surface area (Å²) in [5.74, 6) is 1.55. The summed E-state index contributed by atoms with van der Waals surface area (Å²) < 4.78 is 10.8. The zero-order chi connectivity index (χ0) is 17.0. The van der Waals surface area contributed by atoms with E-state index >= 15 is 0 Å². The van der Waals surface area contributed by atoms with Crippen LogP contribution in [0.15, 0.2) is 78.9 Å². The molecule has 1 atom stereocenters. The first-order chi connectivity index (χ1) is 11.7. The van der Waals surface area contributed by atoms with Crippen molar-refractivity contribution < 1.29 is 9.47 Å². The van der Waals surface area contributed by atoms with Crippen molar-refractivity contribution in [3.05, 3.63) is 95.6 Å². The molecule has 122 valence electrons. The van der Waals surface area contributed by atoms with Crippen molar-refractivity contribution in [3.8, 4) is 11.5 Å². The fourth-order valence-electron chi connectivity index (χ4n) is 2.90. The Balaban J connectivity index is 2.24. The lowest BCUT2D eigenvalue weighted by Crippen LogP contribution is -2.23. The van der Waals surface area contributed by atoms with Gasteiger partial charge in [0.15, 0.2) is 0 Å². The van der Waals surface area contributed by atoms with Crippen LogP contribution in [-0.2, 0) is 4.87 Å². The molecule has 0 bridgehead atoms. The molecule has 0 aliphatic carbocycles. The molecule has 3 aromatic carbocycles. The molecular formula is C21H19ClO2. The molecule has 24 heavy (non-hydrogen) atoms. The number of alkyl halides is 1. The van der Waals surface area contributed by atoms with Crippen LogP contribution in [0.2, 0.25) is 0 Å². The minimum atomic E-state index is -0.847. The topological polar surface area (TPSA) is 18.5 Å². The van der Waals surface area contributed by atoms with Crippen LogP contribution in [0.4, 0.5) is 0 Å². The normalized spacial score (nSPS) is 13.1. The maximum atomic E-state index is 7.27. The van der Waals surface area contributed by atoms with Crippen LogP contribution in [-0.4, -0.2) is 14.2 Å². The van der Waals surface area contributed by atoms with Crippen molar-refractivity contribution in [2.45, 2.75) is 4.87 Å². The second-order valence-electron chi connectivity index (χ2n) is 5.45. The van der Waals surface area contributed by atoms with E-state index in [1.54, 1.807) is 14.2 Å². The Labute approximate surface area is 147 Å². The van der Waals surface area contributed by atoms with Crippen LogP contribution in [0.5, 0.6) is 11.5 Å². The molecular weight excluding hydrogens is 320 g/mol. The molecule has 3 rings (SSSR count). The van der Waals surface area contributed by atoms with Crippen molar-refractivity contribution in [2.24, 2.45) is 0 Å². The fraction of sp³-hybridized carbons (Fsp3) is 0.143. The van der Waals surface area contributed by atoms with Gasteiger partial charge < -0.3 is 9.47 Å². The van der Waals surface area contributed by atoms with Crippen LogP contribution < -0.4 is 9.47 Å². The number of rotatable bonds is 5. The van der Waals surface area contributed by atoms with Gasteiger partial charge in [-0.2, -0.15) is 0 Å². The Morgan fingerprint density at radius 2 is 1.25 bits per heavy atom. The van der Waals surface area contributed by atoms with Crippen LogP contribution in [0.3, 0.4) is 0 Å². The van der Waals surface area contributed by atoms with Crippen molar-refractivity contribution in [3.63, 3.8) is 0 Å². The summed E-state index contributed by atoms with van der Waals surface area (Å²) >= 11 is 7.27. The van der Waals surface area contributed by atoms with Gasteiger partial charge in [-0.05, 0) is 29.3 Å². The molecule has 0 spiro atoms. The average Bonchev–Trinajstić information content (AvgIpc) is 2.68. The molecule has 2 nitrogen and oxygen atoms in total. The molecule has 0 saturated heterocycles. The zero-order valence-corrected chi connectivity index (χ0v) is 14.5. The highest BCUT2D eigenvalue weighted by Gasteiger charge is 2.36. The second kappa shape index (κ2) is 6.98. The van der Waals surface area contributed by atoms with Crippen molar-refractivity contribution in [1.29, 1.82) is 0 Å². The van der Waals surface area contributed by atoms with Crippen LogP contribution in [0, 0.1) is 0 Å². The molecule has 0 fully saturated rings. The van der Waals surface area contributed by atoms with Crippen LogP contribution >= 0.6 is 11.6 Å². The Bertz CT molecular complexity index is 800. The summed E-state index contributed by atoms with van der Waals surface area (Å²) in [6, 6.07) is 25.7. The smallest absolute Gasteiger partial charge is 0.124 e. The van der Waals surface area contributed by atoms with E-state index in [0.717, 1.165) is 28.2 Å². The number of benzene rings is 3. The quantitative estimate of drug-likeness (QED) is 0.468. The first kappa shape index (κ1) is 16.4. The molecule has 0 aliphatic rings. The summed E-state index contributed by atoms with van der Waals surface area (Å²) in [5.41, 5.74) is 2.85. The molecule has 3 heteroatoms. The van der Waals surface area contributed by atoms with Gasteiger partial charge in [-0.3, -0.25) is 0 Å². The minimum Gasteiger partial charge on any atom is -0.497 e. The number of methoxy groups -OCH3 is 2. The van der Waals surface area contributed by atoms with E-state index in [-0.39, 0.29) is 0 Å². The molecule has 3 aromatic rings. The Morgan fingerprint density at radius 1 is 0.667 bits per heavy atom. The largest absolute Gasteiger partial charge is 0.497 e. The van der Waals surface area contributed by atoms with E-state index < -0.39 is 4.87 Å². The molecule has 0 amide bonds. The van der Waals surface area contributed by atoms with Crippen LogP contribution in [0.25, 0.3) is 0 Å². The monoisotopic (exact) mass is 338 g/mol. The number of ether oxygens (including phenoxy) is 2. The van der Waals surface area contributed by atoms with Gasteiger partial charge in [-0.25, -0.2) is 0 Å². The van der Waals surface area contributed by atoms with E-state index in [0.29, 0.717) is 0 Å². The summed E-state index contributed by atoms with van der Waals surface area (Å²) in [4.78, 5) is -0.847. The van der Waals surface area contributed by atoms with E-state index in [1.165, 1.54) is 0 Å². The average molecular weight is 339 g/mol. The number of para-hydroxylation sites is 1. The molecule has 1 unspecified atom stereocenters. The van der Waals surface area contributed by atoms with E-state index in [2.05, 4.69) is 0 Å². The standard InChI is InChI=1S/C21H19ClO2/c1-23-18-14-12-17(13-15-18)21(22,16-8-4-3-5-9-16)19-10-6-7-11-20(19)24-2/h3-15H,1-2H3. The maximum Gasteiger partial charge on any atom is 0.124 e. The lowest BCUT2D eigenvalue weighted by Gasteiger charge is -2.30. The summed E-state index contributed by atoms with van der Waals surface area (Å²) in [7, 11) is 3.32. The number of hydrogen-bond donors (Lipinski definition) is 0. The predicted octanol–water partition coefficient (Wildman–Crippen LogP) is 5.23. The van der Waals surface area contributed by atoms with Gasteiger partial charge in [-0.15, -0.1) is 11.6 Å². The van der Waals surface area contributed by atoms with Gasteiger partial charge in [0.25, 0.3) is 0 Å². The Morgan fingerprint density at radius 3 is 1.88 bits per heavy atom. The van der Waals surface area contributed by atoms with Crippen molar-refractivity contribution >= 4 is 11.6 Å². The van der Waals surface area contributed by atoms with Gasteiger partial charge in [-0.1, -0.05) is 60.7 Å². The highest BCUT2D eigenvalue weighted by atomic mass is 35.5. The molecule has 0 radical (unpaired) electrons. The van der Waals surface area contributed by atoms with Crippen molar-refractivity contribution in [2.75, 3.05) is 14.2 Å². The van der Waals surface area contributed by atoms with Gasteiger partial charge in [0.2, 0.25) is 0 Å². The highest BCUT2D eigenvalue weighted by molar-refractivity contribution is 6.28. The summed E-state index contributed by atoms with van der Waals surface area (Å²) in [6.07, 6.45) is 0. The van der Waals surface area contributed by atoms with Gasteiger partial charge >= 0.3 is 0 Å². The summed E-state index contributed by atoms with van der Waals surface area (Å²) in [5, 5.41) is 0. The third-order valence-electron chi connectivity index (χ3n) is 4.14. The van der Waals surface area contributed by atoms with E-state index in [1.807, 2.05) is 78.9 Å². The maximum absolute atomic E-state index is 7.27. The predicted molar refractivity (Wildman–Crippen MR) is 98.2 cm³/mol. The minimum absolute atomic E-state index is 0.757. The molecule has 0 saturated carbocycles. The highest BCUT2D eigenvalue weighted by Crippen LogP contribution is 2.46. The Kier molecular flexibility index (Phi) is 4.77. The van der Waals surface area contributed by atoms with Crippen LogP contribution in [0.1, 0.15) is 16.7 Å². The molecule has 0 aliphatic heterocycles. The third-order valence-corrected chi connectivity index (χ3v) is 4.78. The lowest BCUT2D eigenvalue weighted by molar-refractivity contribution is 0.407. The zero-order valence-electron chi connectivity index (χ0n) is 13.7. The summed E-state index contributed by atoms with van der Waals surface area (Å²) in [6.45, 7) is 0. The lowest BCUT2D eigenvalue weighted by atomic mass is 9.83. The number of halogens is 1. The molecule has 0 heterocycles. The first-order valence-corrected chi connectivity index (χ1v) is 8.10. The van der Waals surface area contributed by atoms with E-state index in [4.69, 9.17) is 21.1 Å². The third kappa shape index (κ3) is 2.85. The van der Waals surface area contributed by atoms with Gasteiger partial charge in [0.05, 0.1) is 14.2 Å². The molecule has 0 N–H and O–H groups in total.